The van der Waals surface area contributed by atoms with Gasteiger partial charge in [0.05, 0.1) is 11.5 Å². The molecule has 1 aliphatic rings. The second-order valence-corrected chi connectivity index (χ2v) is 7.35. The van der Waals surface area contributed by atoms with E-state index in [1.54, 1.807) is 0 Å². The fourth-order valence-corrected chi connectivity index (χ4v) is 4.04. The van der Waals surface area contributed by atoms with Gasteiger partial charge >= 0.3 is 0 Å². The zero-order valence-electron chi connectivity index (χ0n) is 16.0. The average Bonchev–Trinajstić information content (AvgIpc) is 2.67. The molecule has 26 heavy (non-hydrogen) atoms. The van der Waals surface area contributed by atoms with Gasteiger partial charge in [0.1, 0.15) is 0 Å². The molecule has 0 bridgehead atoms. The number of carbonyl (C=O) groups excluding carboxylic acids is 1. The molecule has 2 aromatic carbocycles. The summed E-state index contributed by atoms with van der Waals surface area (Å²) in [6.45, 7) is 7.61. The first-order valence-electron chi connectivity index (χ1n) is 9.58. The van der Waals surface area contributed by atoms with Crippen molar-refractivity contribution in [3.8, 4) is 0 Å². The summed E-state index contributed by atoms with van der Waals surface area (Å²) in [5, 5.41) is 3.36. The zero-order chi connectivity index (χ0) is 18.6. The summed E-state index contributed by atoms with van der Waals surface area (Å²) in [6.07, 6.45) is 2.33. The highest BCUT2D eigenvalue weighted by Gasteiger charge is 2.42. The third-order valence-electron chi connectivity index (χ3n) is 5.62. The van der Waals surface area contributed by atoms with E-state index in [4.69, 9.17) is 4.74 Å². The highest BCUT2D eigenvalue weighted by molar-refractivity contribution is 5.88. The Hall–Kier alpha value is -2.13. The zero-order valence-corrected chi connectivity index (χ0v) is 16.0. The van der Waals surface area contributed by atoms with E-state index < -0.39 is 5.41 Å². The summed E-state index contributed by atoms with van der Waals surface area (Å²) in [6, 6.07) is 16.7. The average molecular weight is 351 g/mol. The Kier molecular flexibility index (Phi) is 5.77. The number of ether oxygens (including phenoxy) is 1. The van der Waals surface area contributed by atoms with Crippen molar-refractivity contribution in [1.82, 2.24) is 5.32 Å². The van der Waals surface area contributed by atoms with Crippen LogP contribution in [0.3, 0.4) is 0 Å². The van der Waals surface area contributed by atoms with E-state index in [0.717, 1.165) is 24.8 Å². The van der Waals surface area contributed by atoms with Gasteiger partial charge in [0.15, 0.2) is 0 Å². The molecule has 1 aliphatic heterocycles. The van der Waals surface area contributed by atoms with Crippen molar-refractivity contribution in [2.75, 3.05) is 13.2 Å². The molecule has 1 atom stereocenters. The largest absolute Gasteiger partial charge is 0.381 e. The normalized spacial score (nSPS) is 17.5. The molecule has 0 unspecified atom stereocenters. The summed E-state index contributed by atoms with van der Waals surface area (Å²) in [4.78, 5) is 13.5. The topological polar surface area (TPSA) is 38.3 Å². The highest BCUT2D eigenvalue weighted by Crippen LogP contribution is 2.36. The molecule has 0 spiro atoms. The number of aryl methyl sites for hydroxylation is 2. The molecule has 1 saturated heterocycles. The molecule has 2 aromatic rings. The van der Waals surface area contributed by atoms with Gasteiger partial charge in [-0.05, 0) is 49.8 Å². The lowest BCUT2D eigenvalue weighted by atomic mass is 9.73. The number of benzene rings is 2. The Morgan fingerprint density at radius 2 is 1.81 bits per heavy atom. The monoisotopic (exact) mass is 351 g/mol. The van der Waals surface area contributed by atoms with Crippen LogP contribution in [0.5, 0.6) is 0 Å². The van der Waals surface area contributed by atoms with E-state index in [1.807, 2.05) is 18.2 Å². The van der Waals surface area contributed by atoms with Crippen LogP contribution < -0.4 is 5.32 Å². The van der Waals surface area contributed by atoms with Crippen molar-refractivity contribution in [2.45, 2.75) is 51.5 Å². The minimum atomic E-state index is -0.495. The molecular weight excluding hydrogens is 322 g/mol. The molecule has 3 heteroatoms. The fourth-order valence-electron chi connectivity index (χ4n) is 4.04. The van der Waals surface area contributed by atoms with E-state index in [2.05, 4.69) is 56.4 Å². The quantitative estimate of drug-likeness (QED) is 0.854. The number of hydrogen-bond donors (Lipinski definition) is 1. The van der Waals surface area contributed by atoms with Gasteiger partial charge in [-0.1, -0.05) is 61.0 Å². The molecule has 0 saturated carbocycles. The molecule has 138 valence electrons. The van der Waals surface area contributed by atoms with Crippen molar-refractivity contribution in [2.24, 2.45) is 0 Å². The van der Waals surface area contributed by atoms with Crippen molar-refractivity contribution < 1.29 is 9.53 Å². The number of amides is 1. The first kappa shape index (κ1) is 18.7. The first-order valence-corrected chi connectivity index (χ1v) is 9.58. The van der Waals surface area contributed by atoms with Gasteiger partial charge < -0.3 is 10.1 Å². The Bertz CT molecular complexity index is 748. The molecule has 3 rings (SSSR count). The third kappa shape index (κ3) is 3.68. The Balaban J connectivity index is 1.89. The predicted octanol–water partition coefficient (Wildman–Crippen LogP) is 4.62. The van der Waals surface area contributed by atoms with Crippen LogP contribution in [0.25, 0.3) is 0 Å². The van der Waals surface area contributed by atoms with Crippen LogP contribution in [0.15, 0.2) is 48.5 Å². The molecule has 0 aliphatic carbocycles. The van der Waals surface area contributed by atoms with Crippen LogP contribution >= 0.6 is 0 Å². The van der Waals surface area contributed by atoms with E-state index in [0.29, 0.717) is 13.2 Å². The number of carbonyl (C=O) groups is 1. The maximum Gasteiger partial charge on any atom is 0.231 e. The molecule has 1 heterocycles. The second kappa shape index (κ2) is 8.05. The Morgan fingerprint density at radius 1 is 1.12 bits per heavy atom. The van der Waals surface area contributed by atoms with Gasteiger partial charge in [0, 0.05) is 13.2 Å². The van der Waals surface area contributed by atoms with Crippen molar-refractivity contribution in [3.63, 3.8) is 0 Å². The van der Waals surface area contributed by atoms with Crippen LogP contribution in [0.4, 0.5) is 0 Å². The van der Waals surface area contributed by atoms with Crippen LogP contribution in [0.2, 0.25) is 0 Å². The van der Waals surface area contributed by atoms with Crippen LogP contribution in [-0.2, 0) is 14.9 Å². The summed E-state index contributed by atoms with van der Waals surface area (Å²) in [5.41, 5.74) is 4.29. The Morgan fingerprint density at radius 3 is 2.42 bits per heavy atom. The summed E-state index contributed by atoms with van der Waals surface area (Å²) < 4.78 is 5.56. The molecule has 1 N–H and O–H groups in total. The smallest absolute Gasteiger partial charge is 0.231 e. The lowest BCUT2D eigenvalue weighted by Crippen LogP contribution is -2.49. The molecule has 1 amide bonds. The van der Waals surface area contributed by atoms with E-state index in [-0.39, 0.29) is 11.9 Å². The number of nitrogens with one attached hydrogen (secondary N) is 1. The van der Waals surface area contributed by atoms with E-state index in [9.17, 15) is 4.79 Å². The minimum Gasteiger partial charge on any atom is -0.381 e. The van der Waals surface area contributed by atoms with Crippen molar-refractivity contribution in [3.05, 3.63) is 70.8 Å². The predicted molar refractivity (Wildman–Crippen MR) is 105 cm³/mol. The molecular formula is C23H29NO2. The highest BCUT2D eigenvalue weighted by atomic mass is 16.5. The maximum absolute atomic E-state index is 13.5. The summed E-state index contributed by atoms with van der Waals surface area (Å²) in [7, 11) is 0. The maximum atomic E-state index is 13.5. The fraction of sp³-hybridized carbons (Fsp3) is 0.435. The summed E-state index contributed by atoms with van der Waals surface area (Å²) >= 11 is 0. The van der Waals surface area contributed by atoms with Gasteiger partial charge in [-0.3, -0.25) is 4.79 Å². The Labute approximate surface area is 156 Å². The SMILES string of the molecule is CC[C@H](NC(=O)C1(c2ccccc2)CCOCC1)c1ccc(C)cc1C. The van der Waals surface area contributed by atoms with Crippen LogP contribution in [0, 0.1) is 13.8 Å². The first-order chi connectivity index (χ1) is 12.6. The van der Waals surface area contributed by atoms with E-state index in [1.165, 1.54) is 16.7 Å². The minimum absolute atomic E-state index is 0.0338. The van der Waals surface area contributed by atoms with Gasteiger partial charge in [-0.15, -0.1) is 0 Å². The van der Waals surface area contributed by atoms with Gasteiger partial charge in [0.25, 0.3) is 0 Å². The van der Waals surface area contributed by atoms with Crippen molar-refractivity contribution >= 4 is 5.91 Å². The van der Waals surface area contributed by atoms with Gasteiger partial charge in [-0.25, -0.2) is 0 Å². The van der Waals surface area contributed by atoms with Gasteiger partial charge in [-0.2, -0.15) is 0 Å². The van der Waals surface area contributed by atoms with Gasteiger partial charge in [0.2, 0.25) is 5.91 Å². The lowest BCUT2D eigenvalue weighted by molar-refractivity contribution is -0.131. The molecule has 3 nitrogen and oxygen atoms in total. The van der Waals surface area contributed by atoms with Crippen molar-refractivity contribution in [1.29, 1.82) is 0 Å². The summed E-state index contributed by atoms with van der Waals surface area (Å²) in [5.74, 6) is 0.124. The molecule has 0 radical (unpaired) electrons. The second-order valence-electron chi connectivity index (χ2n) is 7.35. The lowest BCUT2D eigenvalue weighted by Gasteiger charge is -2.37. The third-order valence-corrected chi connectivity index (χ3v) is 5.62. The molecule has 1 fully saturated rings. The number of hydrogen-bond acceptors (Lipinski definition) is 2. The van der Waals surface area contributed by atoms with E-state index >= 15 is 0 Å². The standard InChI is InChI=1S/C23H29NO2/c1-4-21(20-11-10-17(2)16-18(20)3)24-22(25)23(12-14-26-15-13-23)19-8-6-5-7-9-19/h5-11,16,21H,4,12-15H2,1-3H3,(H,24,25)/t21-/m0/s1. The van der Waals surface area contributed by atoms with Crippen LogP contribution in [-0.4, -0.2) is 19.1 Å². The number of rotatable bonds is 5. The molecule has 0 aromatic heterocycles. The van der Waals surface area contributed by atoms with Crippen LogP contribution in [0.1, 0.15) is 54.5 Å².